The molecule has 0 amide bonds. The maximum atomic E-state index is 6.75. The van der Waals surface area contributed by atoms with Crippen LogP contribution in [0, 0.1) is 0 Å². The van der Waals surface area contributed by atoms with Crippen molar-refractivity contribution < 1.29 is 9.47 Å². The van der Waals surface area contributed by atoms with Crippen LogP contribution in [0.25, 0.3) is 0 Å². The van der Waals surface area contributed by atoms with Crippen molar-refractivity contribution in [3.8, 4) is 11.5 Å². The number of hydrogen-bond donors (Lipinski definition) is 0. The molecule has 0 saturated carbocycles. The Bertz CT molecular complexity index is 420. The van der Waals surface area contributed by atoms with Gasteiger partial charge < -0.3 is 9.47 Å². The first-order chi connectivity index (χ1) is 12.2. The summed E-state index contributed by atoms with van der Waals surface area (Å²) < 4.78 is 12.8. The van der Waals surface area contributed by atoms with Gasteiger partial charge in [-0.1, -0.05) is 65.5 Å². The van der Waals surface area contributed by atoms with Crippen LogP contribution in [0.3, 0.4) is 0 Å². The lowest BCUT2D eigenvalue weighted by Gasteiger charge is -2.35. The molecule has 2 heteroatoms. The molecular formula is C23H40O2. The third kappa shape index (κ3) is 8.16. The number of benzene rings is 1. The first kappa shape index (κ1) is 21.9. The standard InChI is InChI=1S/C23H40O2/c1-5-9-17-23(18-10-6-2,19-11-7-3)25-22-16-14-13-15-21(22)24-20-12-8-4/h13-16H,5-12,17-20H2,1-4H3. The van der Waals surface area contributed by atoms with Crippen LogP contribution in [-0.4, -0.2) is 12.2 Å². The van der Waals surface area contributed by atoms with Crippen molar-refractivity contribution in [3.05, 3.63) is 24.3 Å². The highest BCUT2D eigenvalue weighted by molar-refractivity contribution is 5.40. The topological polar surface area (TPSA) is 18.5 Å². The molecule has 0 spiro atoms. The zero-order valence-corrected chi connectivity index (χ0v) is 17.1. The van der Waals surface area contributed by atoms with E-state index in [0.717, 1.165) is 50.2 Å². The van der Waals surface area contributed by atoms with Crippen LogP contribution in [-0.2, 0) is 0 Å². The second-order valence-electron chi connectivity index (χ2n) is 7.24. The van der Waals surface area contributed by atoms with Gasteiger partial charge >= 0.3 is 0 Å². The highest BCUT2D eigenvalue weighted by atomic mass is 16.5. The van der Waals surface area contributed by atoms with Gasteiger partial charge in [-0.15, -0.1) is 0 Å². The third-order valence-electron chi connectivity index (χ3n) is 4.89. The van der Waals surface area contributed by atoms with Gasteiger partial charge in [-0.25, -0.2) is 0 Å². The molecule has 1 aromatic rings. The van der Waals surface area contributed by atoms with Gasteiger partial charge in [0.1, 0.15) is 5.60 Å². The molecule has 0 aliphatic rings. The lowest BCUT2D eigenvalue weighted by atomic mass is 9.85. The van der Waals surface area contributed by atoms with Gasteiger partial charge in [0.25, 0.3) is 0 Å². The number of ether oxygens (including phenoxy) is 2. The van der Waals surface area contributed by atoms with Crippen LogP contribution in [0.5, 0.6) is 11.5 Å². The summed E-state index contributed by atoms with van der Waals surface area (Å²) in [4.78, 5) is 0. The minimum Gasteiger partial charge on any atom is -0.490 e. The zero-order chi connectivity index (χ0) is 18.4. The van der Waals surface area contributed by atoms with Crippen LogP contribution >= 0.6 is 0 Å². The van der Waals surface area contributed by atoms with E-state index in [4.69, 9.17) is 9.47 Å². The van der Waals surface area contributed by atoms with Gasteiger partial charge in [-0.3, -0.25) is 0 Å². The predicted molar refractivity (Wildman–Crippen MR) is 109 cm³/mol. The Morgan fingerprint density at radius 2 is 1.16 bits per heavy atom. The monoisotopic (exact) mass is 348 g/mol. The first-order valence-corrected chi connectivity index (χ1v) is 10.6. The summed E-state index contributed by atoms with van der Waals surface area (Å²) in [5, 5.41) is 0. The third-order valence-corrected chi connectivity index (χ3v) is 4.89. The van der Waals surface area contributed by atoms with E-state index in [1.54, 1.807) is 0 Å². The van der Waals surface area contributed by atoms with E-state index in [1.165, 1.54) is 38.5 Å². The fourth-order valence-electron chi connectivity index (χ4n) is 3.24. The Morgan fingerprint density at radius 1 is 0.680 bits per heavy atom. The summed E-state index contributed by atoms with van der Waals surface area (Å²) in [6, 6.07) is 8.24. The first-order valence-electron chi connectivity index (χ1n) is 10.6. The van der Waals surface area contributed by atoms with Crippen LogP contribution < -0.4 is 9.47 Å². The molecule has 2 nitrogen and oxygen atoms in total. The Hall–Kier alpha value is -1.18. The minimum atomic E-state index is -0.0355. The van der Waals surface area contributed by atoms with Crippen molar-refractivity contribution in [3.63, 3.8) is 0 Å². The van der Waals surface area contributed by atoms with Crippen LogP contribution in [0.4, 0.5) is 0 Å². The lowest BCUT2D eigenvalue weighted by molar-refractivity contribution is 0.0314. The maximum Gasteiger partial charge on any atom is 0.162 e. The largest absolute Gasteiger partial charge is 0.490 e. The lowest BCUT2D eigenvalue weighted by Crippen LogP contribution is -2.36. The Labute approximate surface area is 156 Å². The van der Waals surface area contributed by atoms with E-state index in [0.29, 0.717) is 0 Å². The molecule has 0 unspecified atom stereocenters. The number of para-hydroxylation sites is 2. The van der Waals surface area contributed by atoms with Crippen molar-refractivity contribution in [1.82, 2.24) is 0 Å². The van der Waals surface area contributed by atoms with Gasteiger partial charge in [0.2, 0.25) is 0 Å². The summed E-state index contributed by atoms with van der Waals surface area (Å²) >= 11 is 0. The highest BCUT2D eigenvalue weighted by Crippen LogP contribution is 2.37. The summed E-state index contributed by atoms with van der Waals surface area (Å²) in [5.74, 6) is 1.84. The fraction of sp³-hybridized carbons (Fsp3) is 0.739. The highest BCUT2D eigenvalue weighted by Gasteiger charge is 2.31. The molecule has 0 radical (unpaired) electrons. The summed E-state index contributed by atoms with van der Waals surface area (Å²) in [5.41, 5.74) is -0.0355. The van der Waals surface area contributed by atoms with Crippen molar-refractivity contribution in [2.45, 2.75) is 104 Å². The van der Waals surface area contributed by atoms with Gasteiger partial charge in [0.15, 0.2) is 11.5 Å². The molecule has 1 aromatic carbocycles. The average molecular weight is 349 g/mol. The summed E-state index contributed by atoms with van der Waals surface area (Å²) in [6.07, 6.45) is 13.0. The van der Waals surface area contributed by atoms with Gasteiger partial charge in [-0.05, 0) is 57.1 Å². The molecule has 0 aliphatic heterocycles. The van der Waals surface area contributed by atoms with Crippen LogP contribution in [0.2, 0.25) is 0 Å². The van der Waals surface area contributed by atoms with Crippen LogP contribution in [0.1, 0.15) is 98.3 Å². The van der Waals surface area contributed by atoms with Crippen LogP contribution in [0.15, 0.2) is 24.3 Å². The second-order valence-corrected chi connectivity index (χ2v) is 7.24. The number of unbranched alkanes of at least 4 members (excludes halogenated alkanes) is 4. The zero-order valence-electron chi connectivity index (χ0n) is 17.1. The molecule has 0 heterocycles. The van der Waals surface area contributed by atoms with Crippen molar-refractivity contribution in [2.24, 2.45) is 0 Å². The molecule has 0 saturated heterocycles. The van der Waals surface area contributed by atoms with Gasteiger partial charge in [-0.2, -0.15) is 0 Å². The molecule has 0 aromatic heterocycles. The van der Waals surface area contributed by atoms with E-state index < -0.39 is 0 Å². The SMILES string of the molecule is CCCCOc1ccccc1OC(CCCC)(CCCC)CCCC. The van der Waals surface area contributed by atoms with Crippen molar-refractivity contribution in [1.29, 1.82) is 0 Å². The number of rotatable bonds is 15. The molecule has 0 N–H and O–H groups in total. The van der Waals surface area contributed by atoms with E-state index in [1.807, 2.05) is 6.07 Å². The Kier molecular flexibility index (Phi) is 11.4. The van der Waals surface area contributed by atoms with E-state index in [2.05, 4.69) is 45.9 Å². The quantitative estimate of drug-likeness (QED) is 0.304. The van der Waals surface area contributed by atoms with E-state index in [9.17, 15) is 0 Å². The average Bonchev–Trinajstić information content (AvgIpc) is 2.64. The molecule has 1 rings (SSSR count). The van der Waals surface area contributed by atoms with Gasteiger partial charge in [0, 0.05) is 0 Å². The smallest absolute Gasteiger partial charge is 0.162 e. The summed E-state index contributed by atoms with van der Waals surface area (Å²) in [6.45, 7) is 9.77. The van der Waals surface area contributed by atoms with Crippen molar-refractivity contribution >= 4 is 0 Å². The number of hydrogen-bond acceptors (Lipinski definition) is 2. The van der Waals surface area contributed by atoms with E-state index in [-0.39, 0.29) is 5.60 Å². The van der Waals surface area contributed by atoms with E-state index >= 15 is 0 Å². The molecule has 25 heavy (non-hydrogen) atoms. The molecule has 0 aliphatic carbocycles. The molecule has 0 fully saturated rings. The Balaban J connectivity index is 2.96. The molecule has 144 valence electrons. The van der Waals surface area contributed by atoms with Gasteiger partial charge in [0.05, 0.1) is 6.61 Å². The molecule has 0 bridgehead atoms. The second kappa shape index (κ2) is 13.1. The normalized spacial score (nSPS) is 11.5. The maximum absolute atomic E-state index is 6.75. The molecule has 0 atom stereocenters. The Morgan fingerprint density at radius 3 is 1.64 bits per heavy atom. The predicted octanol–water partition coefficient (Wildman–Crippen LogP) is 7.55. The van der Waals surface area contributed by atoms with Crippen molar-refractivity contribution in [2.75, 3.05) is 6.61 Å². The fourth-order valence-corrected chi connectivity index (χ4v) is 3.24. The minimum absolute atomic E-state index is 0.0355. The molecular weight excluding hydrogens is 308 g/mol. The summed E-state index contributed by atoms with van der Waals surface area (Å²) in [7, 11) is 0.